The minimum Gasteiger partial charge on any atom is -0.356 e. The van der Waals surface area contributed by atoms with Crippen LogP contribution in [0.3, 0.4) is 0 Å². The van der Waals surface area contributed by atoms with Gasteiger partial charge in [0, 0.05) is 32.9 Å². The van der Waals surface area contributed by atoms with Crippen LogP contribution in [0.4, 0.5) is 4.39 Å². The Morgan fingerprint density at radius 2 is 2.00 bits per heavy atom. The molecular weight excluding hydrogens is 255 g/mol. The number of aliphatic imine (C=N–C) groups is 1. The molecule has 0 atom stereocenters. The van der Waals surface area contributed by atoms with Crippen molar-refractivity contribution in [1.82, 2.24) is 15.5 Å². The fourth-order valence-electron chi connectivity index (χ4n) is 1.01. The first-order chi connectivity index (χ1) is 8.61. The fraction of sp³-hybridized carbons (Fsp3) is 0.818. The summed E-state index contributed by atoms with van der Waals surface area (Å²) in [4.78, 5) is 17.1. The highest BCUT2D eigenvalue weighted by Crippen LogP contribution is 1.88. The third kappa shape index (κ3) is 9.09. The molecule has 0 aliphatic rings. The molecule has 7 heteroatoms. The number of halogens is 1. The van der Waals surface area contributed by atoms with Gasteiger partial charge in [-0.25, -0.2) is 4.99 Å². The predicted octanol–water partition coefficient (Wildman–Crippen LogP) is 0.332. The quantitative estimate of drug-likeness (QED) is 0.382. The molecule has 0 aliphatic heterocycles. The second-order valence-corrected chi connectivity index (χ2v) is 4.83. The first-order valence-electron chi connectivity index (χ1n) is 5.89. The summed E-state index contributed by atoms with van der Waals surface area (Å²) in [6.07, 6.45) is 2.45. The zero-order chi connectivity index (χ0) is 13.8. The maximum absolute atomic E-state index is 12.0. The van der Waals surface area contributed by atoms with Crippen LogP contribution in [-0.2, 0) is 4.79 Å². The lowest BCUT2D eigenvalue weighted by Crippen LogP contribution is -2.40. The molecule has 0 fully saturated rings. The number of alkyl halides is 1. The summed E-state index contributed by atoms with van der Waals surface area (Å²) in [5, 5.41) is 6.09. The summed E-state index contributed by atoms with van der Waals surface area (Å²) in [6.45, 7) is 1.01. The molecule has 0 radical (unpaired) electrons. The number of guanidine groups is 1. The average molecular weight is 278 g/mol. The summed E-state index contributed by atoms with van der Waals surface area (Å²) in [5.41, 5.74) is 0. The van der Waals surface area contributed by atoms with E-state index in [2.05, 4.69) is 15.6 Å². The predicted molar refractivity (Wildman–Crippen MR) is 76.0 cm³/mol. The van der Waals surface area contributed by atoms with Crippen molar-refractivity contribution in [2.45, 2.75) is 6.42 Å². The number of thioether (sulfide) groups is 1. The van der Waals surface area contributed by atoms with Gasteiger partial charge in [-0.3, -0.25) is 9.18 Å². The Morgan fingerprint density at radius 3 is 2.56 bits per heavy atom. The number of likely N-dealkylation sites (N-methyl/N-ethyl adjacent to an activating group) is 1. The average Bonchev–Trinajstić information content (AvgIpc) is 2.35. The second kappa shape index (κ2) is 11.1. The molecule has 0 spiro atoms. The molecule has 0 saturated carbocycles. The molecule has 0 heterocycles. The Kier molecular flexibility index (Phi) is 10.5. The summed E-state index contributed by atoms with van der Waals surface area (Å²) in [7, 11) is 3.38. The van der Waals surface area contributed by atoms with Crippen molar-refractivity contribution < 1.29 is 9.18 Å². The van der Waals surface area contributed by atoms with E-state index in [9.17, 15) is 9.18 Å². The molecule has 1 amide bonds. The molecule has 106 valence electrons. The number of nitrogens with one attached hydrogen (secondary N) is 2. The third-order valence-electron chi connectivity index (χ3n) is 2.07. The Morgan fingerprint density at radius 1 is 1.33 bits per heavy atom. The van der Waals surface area contributed by atoms with Gasteiger partial charge in [0.15, 0.2) is 5.96 Å². The highest BCUT2D eigenvalue weighted by molar-refractivity contribution is 7.98. The number of hydrogen-bond donors (Lipinski definition) is 2. The molecule has 0 aromatic carbocycles. The van der Waals surface area contributed by atoms with E-state index < -0.39 is 0 Å². The molecule has 0 bridgehead atoms. The number of carbonyl (C=O) groups excluding carboxylic acids is 1. The number of nitrogens with zero attached hydrogens (tertiary/aromatic N) is 2. The van der Waals surface area contributed by atoms with E-state index in [0.29, 0.717) is 18.9 Å². The minimum absolute atomic E-state index is 0.0635. The molecule has 0 aromatic rings. The first-order valence-corrected chi connectivity index (χ1v) is 7.28. The van der Waals surface area contributed by atoms with Gasteiger partial charge >= 0.3 is 0 Å². The van der Waals surface area contributed by atoms with E-state index in [-0.39, 0.29) is 19.1 Å². The van der Waals surface area contributed by atoms with Gasteiger partial charge in [-0.1, -0.05) is 0 Å². The summed E-state index contributed by atoms with van der Waals surface area (Å²) >= 11 is 1.72. The van der Waals surface area contributed by atoms with E-state index in [1.165, 1.54) is 4.90 Å². The van der Waals surface area contributed by atoms with E-state index in [4.69, 9.17) is 0 Å². The monoisotopic (exact) mass is 278 g/mol. The van der Waals surface area contributed by atoms with Crippen LogP contribution in [0, 0.1) is 0 Å². The lowest BCUT2D eigenvalue weighted by molar-refractivity contribution is -0.127. The van der Waals surface area contributed by atoms with Gasteiger partial charge in [-0.15, -0.1) is 0 Å². The van der Waals surface area contributed by atoms with Crippen LogP contribution >= 0.6 is 11.8 Å². The van der Waals surface area contributed by atoms with Crippen LogP contribution in [-0.4, -0.2) is 69.2 Å². The molecule has 0 rings (SSSR count). The highest BCUT2D eigenvalue weighted by atomic mass is 32.2. The van der Waals surface area contributed by atoms with Crippen molar-refractivity contribution >= 4 is 23.6 Å². The number of hydrogen-bond acceptors (Lipinski definition) is 3. The lowest BCUT2D eigenvalue weighted by atomic mass is 10.5. The normalized spacial score (nSPS) is 11.2. The van der Waals surface area contributed by atoms with E-state index in [1.54, 1.807) is 25.9 Å². The number of amides is 1. The van der Waals surface area contributed by atoms with Crippen molar-refractivity contribution in [2.75, 3.05) is 52.4 Å². The Hall–Kier alpha value is -0.980. The Balaban J connectivity index is 4.16. The third-order valence-corrected chi connectivity index (χ3v) is 2.69. The molecule has 0 saturated heterocycles. The lowest BCUT2D eigenvalue weighted by Gasteiger charge is -2.13. The zero-order valence-corrected chi connectivity index (χ0v) is 12.1. The van der Waals surface area contributed by atoms with Crippen molar-refractivity contribution in [3.8, 4) is 0 Å². The summed E-state index contributed by atoms with van der Waals surface area (Å²) in [5.74, 6) is 1.45. The van der Waals surface area contributed by atoms with Gasteiger partial charge in [0.25, 0.3) is 0 Å². The van der Waals surface area contributed by atoms with Crippen molar-refractivity contribution in [2.24, 2.45) is 4.99 Å². The first kappa shape index (κ1) is 17.0. The maximum atomic E-state index is 12.0. The minimum atomic E-state index is -0.359. The van der Waals surface area contributed by atoms with Gasteiger partial charge in [-0.2, -0.15) is 11.8 Å². The number of carbonyl (C=O) groups is 1. The van der Waals surface area contributed by atoms with Gasteiger partial charge in [-0.05, 0) is 12.7 Å². The molecule has 0 aromatic heterocycles. The van der Waals surface area contributed by atoms with Crippen LogP contribution in [0.25, 0.3) is 0 Å². The summed E-state index contributed by atoms with van der Waals surface area (Å²) in [6, 6.07) is 0. The van der Waals surface area contributed by atoms with Crippen molar-refractivity contribution in [1.29, 1.82) is 0 Å². The van der Waals surface area contributed by atoms with Crippen LogP contribution in [0.2, 0.25) is 0 Å². The van der Waals surface area contributed by atoms with E-state index in [0.717, 1.165) is 12.3 Å². The fourth-order valence-corrected chi connectivity index (χ4v) is 1.31. The topological polar surface area (TPSA) is 56.7 Å². The van der Waals surface area contributed by atoms with Gasteiger partial charge in [0.1, 0.15) is 6.54 Å². The van der Waals surface area contributed by atoms with Crippen LogP contribution in [0.5, 0.6) is 0 Å². The van der Waals surface area contributed by atoms with E-state index >= 15 is 0 Å². The van der Waals surface area contributed by atoms with E-state index in [1.807, 2.05) is 6.26 Å². The standard InChI is InChI=1S/C11H23FN4OS/c1-16(2)10(17)9-15-11(13-6-4-5-12)14-7-8-18-3/h4-9H2,1-3H3,(H2,13,14,15). The van der Waals surface area contributed by atoms with Crippen molar-refractivity contribution in [3.05, 3.63) is 0 Å². The largest absolute Gasteiger partial charge is 0.356 e. The second-order valence-electron chi connectivity index (χ2n) is 3.84. The molecule has 2 N–H and O–H groups in total. The number of rotatable bonds is 8. The van der Waals surface area contributed by atoms with Crippen LogP contribution < -0.4 is 10.6 Å². The van der Waals surface area contributed by atoms with Crippen LogP contribution in [0.15, 0.2) is 4.99 Å². The molecular formula is C11H23FN4OS. The molecule has 0 unspecified atom stereocenters. The smallest absolute Gasteiger partial charge is 0.243 e. The zero-order valence-electron chi connectivity index (χ0n) is 11.3. The Bertz CT molecular complexity index is 249. The highest BCUT2D eigenvalue weighted by Gasteiger charge is 2.03. The SMILES string of the molecule is CSCCNC(=NCC(=O)N(C)C)NCCCF. The van der Waals surface area contributed by atoms with Gasteiger partial charge in [0.05, 0.1) is 6.67 Å². The van der Waals surface area contributed by atoms with Crippen LogP contribution in [0.1, 0.15) is 6.42 Å². The van der Waals surface area contributed by atoms with Gasteiger partial charge < -0.3 is 15.5 Å². The molecule has 0 aliphatic carbocycles. The molecule has 5 nitrogen and oxygen atoms in total. The van der Waals surface area contributed by atoms with Gasteiger partial charge in [0.2, 0.25) is 5.91 Å². The summed E-state index contributed by atoms with van der Waals surface area (Å²) < 4.78 is 12.0. The Labute approximate surface area is 113 Å². The molecule has 18 heavy (non-hydrogen) atoms. The maximum Gasteiger partial charge on any atom is 0.243 e. The van der Waals surface area contributed by atoms with Crippen molar-refractivity contribution in [3.63, 3.8) is 0 Å².